The number of carbonyl (C=O) groups excluding carboxylic acids is 1. The summed E-state index contributed by atoms with van der Waals surface area (Å²) in [4.78, 5) is 19.8. The summed E-state index contributed by atoms with van der Waals surface area (Å²) in [6.07, 6.45) is 7.49. The molecule has 1 spiro atoms. The number of hydrogen-bond donors (Lipinski definition) is 0. The molecule has 6 heteroatoms. The number of carbonyl (C=O) groups is 1. The van der Waals surface area contributed by atoms with E-state index in [0.717, 1.165) is 70.3 Å². The molecular formula is C20H33N5O. The second kappa shape index (κ2) is 7.31. The summed E-state index contributed by atoms with van der Waals surface area (Å²) < 4.78 is 2.00. The Morgan fingerprint density at radius 2 is 2.08 bits per heavy atom. The van der Waals surface area contributed by atoms with Crippen LogP contribution < -0.4 is 0 Å². The lowest BCUT2D eigenvalue weighted by Crippen LogP contribution is -2.60. The normalized spacial score (nSPS) is 28.7. The van der Waals surface area contributed by atoms with Gasteiger partial charge in [-0.2, -0.15) is 5.10 Å². The van der Waals surface area contributed by atoms with Gasteiger partial charge in [-0.3, -0.25) is 19.3 Å². The van der Waals surface area contributed by atoms with Crippen LogP contribution in [0.3, 0.4) is 0 Å². The summed E-state index contributed by atoms with van der Waals surface area (Å²) in [5.41, 5.74) is 1.30. The van der Waals surface area contributed by atoms with Crippen molar-refractivity contribution in [1.82, 2.24) is 24.5 Å². The van der Waals surface area contributed by atoms with Gasteiger partial charge in [-0.15, -0.1) is 0 Å². The minimum atomic E-state index is 0.138. The smallest absolute Gasteiger partial charge is 0.222 e. The fourth-order valence-corrected chi connectivity index (χ4v) is 4.61. The Morgan fingerprint density at radius 3 is 2.81 bits per heavy atom. The van der Waals surface area contributed by atoms with Crippen LogP contribution in [0.25, 0.3) is 0 Å². The van der Waals surface area contributed by atoms with Gasteiger partial charge in [-0.05, 0) is 51.6 Å². The minimum absolute atomic E-state index is 0.138. The lowest BCUT2D eigenvalue weighted by atomic mass is 9.86. The zero-order chi connectivity index (χ0) is 18.1. The average molecular weight is 360 g/mol. The highest BCUT2D eigenvalue weighted by Gasteiger charge is 2.42. The van der Waals surface area contributed by atoms with Gasteiger partial charge in [0.1, 0.15) is 0 Å². The molecule has 1 aliphatic carbocycles. The summed E-state index contributed by atoms with van der Waals surface area (Å²) in [5.74, 6) is 1.16. The summed E-state index contributed by atoms with van der Waals surface area (Å²) in [6.45, 7) is 9.09. The second-order valence-corrected chi connectivity index (χ2v) is 8.55. The number of piperazine rings is 1. The molecule has 26 heavy (non-hydrogen) atoms. The summed E-state index contributed by atoms with van der Waals surface area (Å²) in [6, 6.07) is 2.14. The molecule has 144 valence electrons. The van der Waals surface area contributed by atoms with E-state index in [1.165, 1.54) is 12.8 Å². The molecule has 4 rings (SSSR count). The number of hydrogen-bond acceptors (Lipinski definition) is 4. The zero-order valence-corrected chi connectivity index (χ0v) is 16.4. The molecule has 1 aromatic rings. The van der Waals surface area contributed by atoms with E-state index in [1.807, 2.05) is 4.68 Å². The van der Waals surface area contributed by atoms with Crippen LogP contribution in [0.4, 0.5) is 0 Å². The molecular weight excluding hydrogens is 326 g/mol. The zero-order valence-electron chi connectivity index (χ0n) is 16.4. The molecule has 1 saturated carbocycles. The maximum absolute atomic E-state index is 12.6. The fourth-order valence-electron chi connectivity index (χ4n) is 4.61. The van der Waals surface area contributed by atoms with Gasteiger partial charge >= 0.3 is 0 Å². The molecule has 0 bridgehead atoms. The predicted octanol–water partition coefficient (Wildman–Crippen LogP) is 1.81. The predicted molar refractivity (Wildman–Crippen MR) is 102 cm³/mol. The highest BCUT2D eigenvalue weighted by molar-refractivity contribution is 5.76. The number of aromatic nitrogens is 2. The fraction of sp³-hybridized carbons (Fsp3) is 0.800. The number of likely N-dealkylation sites (N-methyl/N-ethyl adjacent to an activating group) is 1. The molecule has 2 saturated heterocycles. The molecule has 2 aliphatic heterocycles. The van der Waals surface area contributed by atoms with E-state index in [-0.39, 0.29) is 5.54 Å². The molecule has 3 aliphatic rings. The van der Waals surface area contributed by atoms with Gasteiger partial charge < -0.3 is 4.90 Å². The van der Waals surface area contributed by atoms with Crippen molar-refractivity contribution in [2.75, 3.05) is 39.8 Å². The van der Waals surface area contributed by atoms with Crippen LogP contribution in [0.2, 0.25) is 0 Å². The Bertz CT molecular complexity index is 640. The van der Waals surface area contributed by atoms with E-state index in [4.69, 9.17) is 0 Å². The molecule has 1 amide bonds. The Morgan fingerprint density at radius 1 is 1.23 bits per heavy atom. The number of rotatable bonds is 5. The highest BCUT2D eigenvalue weighted by Crippen LogP contribution is 2.35. The van der Waals surface area contributed by atoms with Crippen LogP contribution in [0, 0.1) is 5.92 Å². The van der Waals surface area contributed by atoms with Crippen LogP contribution in [0.5, 0.6) is 0 Å². The molecule has 1 aromatic heterocycles. The standard InChI is InChI=1S/C20H33N5O/c1-3-25-10-7-18(21-25)15-23-13-12-22(2)20(16-23)8-6-19(26)24(11-9-20)14-17-4-5-17/h7,10,17H,3-6,8-9,11-16H2,1-2H3/t20-/m0/s1. The van der Waals surface area contributed by atoms with E-state index in [9.17, 15) is 4.79 Å². The van der Waals surface area contributed by atoms with Crippen molar-refractivity contribution >= 4 is 5.91 Å². The van der Waals surface area contributed by atoms with E-state index in [0.29, 0.717) is 12.3 Å². The van der Waals surface area contributed by atoms with Crippen LogP contribution in [-0.2, 0) is 17.9 Å². The van der Waals surface area contributed by atoms with Crippen molar-refractivity contribution in [2.45, 2.75) is 57.7 Å². The number of likely N-dealkylation sites (tertiary alicyclic amines) is 1. The van der Waals surface area contributed by atoms with Gasteiger partial charge in [-0.25, -0.2) is 0 Å². The van der Waals surface area contributed by atoms with Crippen molar-refractivity contribution in [2.24, 2.45) is 5.92 Å². The Labute approximate surface area is 157 Å². The third kappa shape index (κ3) is 3.81. The first-order chi connectivity index (χ1) is 12.6. The van der Waals surface area contributed by atoms with Crippen LogP contribution in [0.1, 0.15) is 44.7 Å². The van der Waals surface area contributed by atoms with Crippen LogP contribution in [0.15, 0.2) is 12.3 Å². The Balaban J connectivity index is 1.42. The number of amides is 1. The number of aryl methyl sites for hydroxylation is 1. The van der Waals surface area contributed by atoms with Crippen LogP contribution in [-0.4, -0.2) is 75.7 Å². The molecule has 0 N–H and O–H groups in total. The van der Waals surface area contributed by atoms with Gasteiger partial charge in [0.25, 0.3) is 0 Å². The van der Waals surface area contributed by atoms with Gasteiger partial charge in [0.15, 0.2) is 0 Å². The van der Waals surface area contributed by atoms with Crippen molar-refractivity contribution in [3.05, 3.63) is 18.0 Å². The Hall–Kier alpha value is -1.40. The third-order valence-electron chi connectivity index (χ3n) is 6.66. The van der Waals surface area contributed by atoms with Crippen LogP contribution >= 0.6 is 0 Å². The van der Waals surface area contributed by atoms with E-state index in [1.54, 1.807) is 0 Å². The van der Waals surface area contributed by atoms with E-state index >= 15 is 0 Å². The first-order valence-corrected chi connectivity index (χ1v) is 10.3. The monoisotopic (exact) mass is 359 g/mol. The summed E-state index contributed by atoms with van der Waals surface area (Å²) in [5, 5.41) is 4.66. The van der Waals surface area contributed by atoms with Crippen molar-refractivity contribution in [1.29, 1.82) is 0 Å². The minimum Gasteiger partial charge on any atom is -0.342 e. The maximum Gasteiger partial charge on any atom is 0.222 e. The topological polar surface area (TPSA) is 44.6 Å². The van der Waals surface area contributed by atoms with Crippen molar-refractivity contribution in [3.63, 3.8) is 0 Å². The first-order valence-electron chi connectivity index (χ1n) is 10.3. The van der Waals surface area contributed by atoms with Gasteiger partial charge in [0.05, 0.1) is 5.69 Å². The van der Waals surface area contributed by atoms with E-state index in [2.05, 4.69) is 46.0 Å². The molecule has 1 atom stereocenters. The summed E-state index contributed by atoms with van der Waals surface area (Å²) in [7, 11) is 2.25. The molecule has 3 fully saturated rings. The van der Waals surface area contributed by atoms with Crippen molar-refractivity contribution in [3.8, 4) is 0 Å². The number of nitrogens with zero attached hydrogens (tertiary/aromatic N) is 5. The third-order valence-corrected chi connectivity index (χ3v) is 6.66. The van der Waals surface area contributed by atoms with Gasteiger partial charge in [-0.1, -0.05) is 0 Å². The molecule has 3 heterocycles. The van der Waals surface area contributed by atoms with Gasteiger partial charge in [0.2, 0.25) is 5.91 Å². The largest absolute Gasteiger partial charge is 0.342 e. The lowest BCUT2D eigenvalue weighted by molar-refractivity contribution is -0.131. The van der Waals surface area contributed by atoms with Gasteiger partial charge in [0, 0.05) is 64.0 Å². The molecule has 0 aromatic carbocycles. The lowest BCUT2D eigenvalue weighted by Gasteiger charge is -2.49. The van der Waals surface area contributed by atoms with Crippen molar-refractivity contribution < 1.29 is 4.79 Å². The summed E-state index contributed by atoms with van der Waals surface area (Å²) >= 11 is 0. The quantitative estimate of drug-likeness (QED) is 0.804. The first kappa shape index (κ1) is 18.0. The average Bonchev–Trinajstić information content (AvgIpc) is 3.37. The molecule has 0 radical (unpaired) electrons. The second-order valence-electron chi connectivity index (χ2n) is 8.55. The highest BCUT2D eigenvalue weighted by atomic mass is 16.2. The Kier molecular flexibility index (Phi) is 5.06. The maximum atomic E-state index is 12.6. The van der Waals surface area contributed by atoms with E-state index < -0.39 is 0 Å². The SMILES string of the molecule is CCn1ccc(CN2CCN(C)[C@]3(CCC(=O)N(CC4CC4)CC3)C2)n1. The molecule has 0 unspecified atom stereocenters. The molecule has 6 nitrogen and oxygen atoms in total.